The zero-order valence-corrected chi connectivity index (χ0v) is 14.9. The fourth-order valence-electron chi connectivity index (χ4n) is 1.85. The Balaban J connectivity index is 2.17. The molecule has 0 saturated carbocycles. The molecular weight excluding hydrogens is 356 g/mol. The van der Waals surface area contributed by atoms with E-state index in [1.54, 1.807) is 11.3 Å². The molecule has 0 amide bonds. The van der Waals surface area contributed by atoms with E-state index in [4.69, 9.17) is 17.3 Å². The monoisotopic (exact) mass is 372 g/mol. The molecule has 1 unspecified atom stereocenters. The van der Waals surface area contributed by atoms with E-state index in [1.807, 2.05) is 18.2 Å². The molecule has 20 heavy (non-hydrogen) atoms. The minimum atomic E-state index is -0.109. The lowest BCUT2D eigenvalue weighted by molar-refractivity contribution is 0.569. The van der Waals surface area contributed by atoms with Crippen LogP contribution in [0.4, 0.5) is 0 Å². The summed E-state index contributed by atoms with van der Waals surface area (Å²) in [6.45, 7) is 6.50. The van der Waals surface area contributed by atoms with Gasteiger partial charge >= 0.3 is 0 Å². The zero-order chi connectivity index (χ0) is 14.9. The third-order valence-electron chi connectivity index (χ3n) is 3.07. The molecule has 0 radical (unpaired) electrons. The second-order valence-corrected chi connectivity index (χ2v) is 8.09. The molecule has 0 spiro atoms. The van der Waals surface area contributed by atoms with Crippen LogP contribution in [-0.4, -0.2) is 4.98 Å². The fraction of sp³-hybridized carbons (Fsp3) is 0.400. The van der Waals surface area contributed by atoms with Crippen LogP contribution in [0.3, 0.4) is 0 Å². The van der Waals surface area contributed by atoms with Gasteiger partial charge in [0.05, 0.1) is 10.7 Å². The molecule has 2 aromatic rings. The van der Waals surface area contributed by atoms with Crippen molar-refractivity contribution < 1.29 is 0 Å². The molecule has 1 heterocycles. The van der Waals surface area contributed by atoms with Gasteiger partial charge in [0.25, 0.3) is 0 Å². The molecule has 108 valence electrons. The Morgan fingerprint density at radius 3 is 2.70 bits per heavy atom. The van der Waals surface area contributed by atoms with Gasteiger partial charge in [-0.1, -0.05) is 48.3 Å². The molecule has 0 aliphatic carbocycles. The lowest BCUT2D eigenvalue weighted by Gasteiger charge is -2.15. The first-order chi connectivity index (χ1) is 9.27. The summed E-state index contributed by atoms with van der Waals surface area (Å²) < 4.78 is 0.988. The van der Waals surface area contributed by atoms with E-state index in [-0.39, 0.29) is 11.5 Å². The van der Waals surface area contributed by atoms with E-state index in [1.165, 1.54) is 0 Å². The molecular formula is C15H18BrClN2S. The number of aromatic nitrogens is 1. The highest BCUT2D eigenvalue weighted by Gasteiger charge is 2.19. The fourth-order valence-corrected chi connectivity index (χ4v) is 3.65. The van der Waals surface area contributed by atoms with E-state index in [2.05, 4.69) is 47.1 Å². The van der Waals surface area contributed by atoms with Gasteiger partial charge in [-0.15, -0.1) is 11.3 Å². The maximum absolute atomic E-state index is 6.29. The molecule has 0 aliphatic rings. The van der Waals surface area contributed by atoms with Crippen LogP contribution in [0.5, 0.6) is 0 Å². The number of hydrogen-bond acceptors (Lipinski definition) is 3. The third-order valence-corrected chi connectivity index (χ3v) is 4.90. The summed E-state index contributed by atoms with van der Waals surface area (Å²) >= 11 is 11.2. The number of benzene rings is 1. The van der Waals surface area contributed by atoms with Crippen LogP contribution < -0.4 is 5.73 Å². The maximum atomic E-state index is 6.29. The molecule has 1 atom stereocenters. The van der Waals surface area contributed by atoms with E-state index in [0.29, 0.717) is 5.02 Å². The smallest absolute Gasteiger partial charge is 0.0947 e. The predicted molar refractivity (Wildman–Crippen MR) is 90.6 cm³/mol. The highest BCUT2D eigenvalue weighted by Crippen LogP contribution is 2.30. The van der Waals surface area contributed by atoms with Crippen molar-refractivity contribution in [3.8, 4) is 0 Å². The van der Waals surface area contributed by atoms with Crippen molar-refractivity contribution in [1.29, 1.82) is 0 Å². The van der Waals surface area contributed by atoms with E-state index in [9.17, 15) is 0 Å². The number of nitrogens with two attached hydrogens (primary N) is 1. The zero-order valence-electron chi connectivity index (χ0n) is 11.8. The summed E-state index contributed by atoms with van der Waals surface area (Å²) in [6, 6.07) is 5.58. The second kappa shape index (κ2) is 6.14. The molecule has 5 heteroatoms. The van der Waals surface area contributed by atoms with Crippen molar-refractivity contribution in [2.45, 2.75) is 38.6 Å². The normalized spacial score (nSPS) is 13.5. The maximum Gasteiger partial charge on any atom is 0.0947 e. The molecule has 2 nitrogen and oxygen atoms in total. The number of halogens is 2. The van der Waals surface area contributed by atoms with Gasteiger partial charge in [0.1, 0.15) is 0 Å². The summed E-state index contributed by atoms with van der Waals surface area (Å²) in [5.41, 5.74) is 8.51. The number of nitrogens with zero attached hydrogens (tertiary/aromatic N) is 1. The average molecular weight is 374 g/mol. The van der Waals surface area contributed by atoms with Gasteiger partial charge in [-0.05, 0) is 23.8 Å². The third kappa shape index (κ3) is 3.82. The Labute approximate surface area is 137 Å². The van der Waals surface area contributed by atoms with Crippen molar-refractivity contribution in [3.63, 3.8) is 0 Å². The van der Waals surface area contributed by atoms with Gasteiger partial charge in [0.15, 0.2) is 0 Å². The number of hydrogen-bond donors (Lipinski definition) is 1. The molecule has 1 aromatic carbocycles. The van der Waals surface area contributed by atoms with Crippen molar-refractivity contribution in [3.05, 3.63) is 49.3 Å². The topological polar surface area (TPSA) is 38.9 Å². The molecule has 1 aromatic heterocycles. The quantitative estimate of drug-likeness (QED) is 0.813. The lowest BCUT2D eigenvalue weighted by Crippen LogP contribution is -2.15. The van der Waals surface area contributed by atoms with Crippen molar-refractivity contribution in [2.75, 3.05) is 0 Å². The minimum Gasteiger partial charge on any atom is -0.324 e. The summed E-state index contributed by atoms with van der Waals surface area (Å²) in [4.78, 5) is 4.69. The summed E-state index contributed by atoms with van der Waals surface area (Å²) in [6.07, 6.45) is 0.722. The Hall–Kier alpha value is -0.420. The van der Waals surface area contributed by atoms with Crippen molar-refractivity contribution in [1.82, 2.24) is 4.98 Å². The van der Waals surface area contributed by atoms with Gasteiger partial charge < -0.3 is 5.73 Å². The van der Waals surface area contributed by atoms with Crippen LogP contribution in [0.2, 0.25) is 5.02 Å². The SMILES string of the molecule is CC(C)(C)c1csc(CC(N)c2cc(Cl)ccc2Br)n1. The minimum absolute atomic E-state index is 0.0789. The second-order valence-electron chi connectivity index (χ2n) is 5.85. The lowest BCUT2D eigenvalue weighted by atomic mass is 9.93. The standard InChI is InChI=1S/C15H18BrClN2S/c1-15(2,3)13-8-20-14(19-13)7-12(18)10-6-9(17)4-5-11(10)16/h4-6,8,12H,7,18H2,1-3H3. The summed E-state index contributed by atoms with van der Waals surface area (Å²) in [5, 5.41) is 3.89. The van der Waals surface area contributed by atoms with Crippen LogP contribution in [0, 0.1) is 0 Å². The predicted octanol–water partition coefficient (Wildman–Crippen LogP) is 5.10. The van der Waals surface area contributed by atoms with E-state index >= 15 is 0 Å². The van der Waals surface area contributed by atoms with Crippen LogP contribution in [0.25, 0.3) is 0 Å². The highest BCUT2D eigenvalue weighted by molar-refractivity contribution is 9.10. The first-order valence-corrected chi connectivity index (χ1v) is 8.48. The Morgan fingerprint density at radius 1 is 1.40 bits per heavy atom. The average Bonchev–Trinajstić information content (AvgIpc) is 2.80. The van der Waals surface area contributed by atoms with Crippen LogP contribution >= 0.6 is 38.9 Å². The van der Waals surface area contributed by atoms with Crippen molar-refractivity contribution in [2.24, 2.45) is 5.73 Å². The summed E-state index contributed by atoms with van der Waals surface area (Å²) in [7, 11) is 0. The number of rotatable bonds is 3. The Kier molecular flexibility index (Phi) is 4.90. The van der Waals surface area contributed by atoms with Crippen LogP contribution in [0.1, 0.15) is 43.1 Å². The number of thiazole rings is 1. The Morgan fingerprint density at radius 2 is 2.10 bits per heavy atom. The first kappa shape index (κ1) is 16.0. The van der Waals surface area contributed by atoms with Crippen molar-refractivity contribution >= 4 is 38.9 Å². The molecule has 2 rings (SSSR count). The molecule has 0 aliphatic heterocycles. The Bertz CT molecular complexity index is 604. The van der Waals surface area contributed by atoms with Gasteiger partial charge in [-0.3, -0.25) is 0 Å². The largest absolute Gasteiger partial charge is 0.324 e. The molecule has 0 fully saturated rings. The van der Waals surface area contributed by atoms with E-state index < -0.39 is 0 Å². The van der Waals surface area contributed by atoms with Gasteiger partial charge in [-0.25, -0.2) is 4.98 Å². The molecule has 2 N–H and O–H groups in total. The van der Waals surface area contributed by atoms with Gasteiger partial charge in [0, 0.05) is 32.8 Å². The van der Waals surface area contributed by atoms with Gasteiger partial charge in [-0.2, -0.15) is 0 Å². The summed E-state index contributed by atoms with van der Waals surface area (Å²) in [5.74, 6) is 0. The highest BCUT2D eigenvalue weighted by atomic mass is 79.9. The van der Waals surface area contributed by atoms with Crippen LogP contribution in [-0.2, 0) is 11.8 Å². The first-order valence-electron chi connectivity index (χ1n) is 6.43. The van der Waals surface area contributed by atoms with Crippen LogP contribution in [0.15, 0.2) is 28.1 Å². The van der Waals surface area contributed by atoms with E-state index in [0.717, 1.165) is 27.2 Å². The molecule has 0 saturated heterocycles. The van der Waals surface area contributed by atoms with Gasteiger partial charge in [0.2, 0.25) is 0 Å². The molecule has 0 bridgehead atoms.